The van der Waals surface area contributed by atoms with Gasteiger partial charge in [-0.3, -0.25) is 9.59 Å². The Kier molecular flexibility index (Phi) is 5.95. The van der Waals surface area contributed by atoms with E-state index in [-0.39, 0.29) is 0 Å². The van der Waals surface area contributed by atoms with Crippen molar-refractivity contribution < 1.29 is 14.3 Å². The highest BCUT2D eigenvalue weighted by Crippen LogP contribution is 2.23. The van der Waals surface area contributed by atoms with Crippen LogP contribution in [0.3, 0.4) is 0 Å². The summed E-state index contributed by atoms with van der Waals surface area (Å²) in [6.45, 7) is 4.03. The monoisotopic (exact) mass is 326 g/mol. The molecule has 5 heteroatoms. The summed E-state index contributed by atoms with van der Waals surface area (Å²) in [4.78, 5) is 24.4. The molecule has 0 bridgehead atoms. The van der Waals surface area contributed by atoms with Gasteiger partial charge in [0.05, 0.1) is 7.11 Å². The predicted molar refractivity (Wildman–Crippen MR) is 95.5 cm³/mol. The van der Waals surface area contributed by atoms with E-state index in [2.05, 4.69) is 10.6 Å². The van der Waals surface area contributed by atoms with Crippen molar-refractivity contribution in [3.8, 4) is 5.75 Å². The molecule has 5 nitrogen and oxygen atoms in total. The van der Waals surface area contributed by atoms with E-state index in [0.717, 1.165) is 29.7 Å². The topological polar surface area (TPSA) is 67.4 Å². The Morgan fingerprint density at radius 3 is 2.08 bits per heavy atom. The van der Waals surface area contributed by atoms with E-state index < -0.39 is 11.8 Å². The molecule has 0 aliphatic rings. The third-order valence-electron chi connectivity index (χ3n) is 3.77. The van der Waals surface area contributed by atoms with Crippen LogP contribution in [0.5, 0.6) is 5.75 Å². The molecule has 2 N–H and O–H groups in total. The van der Waals surface area contributed by atoms with E-state index in [1.807, 2.05) is 32.0 Å². The van der Waals surface area contributed by atoms with Crippen molar-refractivity contribution in [1.29, 1.82) is 0 Å². The maximum atomic E-state index is 12.3. The fourth-order valence-corrected chi connectivity index (χ4v) is 2.46. The molecule has 0 saturated carbocycles. The van der Waals surface area contributed by atoms with Gasteiger partial charge in [-0.2, -0.15) is 0 Å². The highest BCUT2D eigenvalue weighted by Gasteiger charge is 2.17. The fraction of sp³-hybridized carbons (Fsp3) is 0.263. The lowest BCUT2D eigenvalue weighted by atomic mass is 10.0. The second kappa shape index (κ2) is 8.15. The first-order chi connectivity index (χ1) is 11.6. The van der Waals surface area contributed by atoms with Crippen molar-refractivity contribution in [2.45, 2.75) is 26.7 Å². The number of carbonyl (C=O) groups excluding carboxylic acids is 2. The molecule has 0 aromatic heterocycles. The Morgan fingerprint density at radius 1 is 0.917 bits per heavy atom. The lowest BCUT2D eigenvalue weighted by Crippen LogP contribution is -2.29. The molecule has 2 rings (SSSR count). The third-order valence-corrected chi connectivity index (χ3v) is 3.77. The maximum Gasteiger partial charge on any atom is 0.314 e. The number of hydrogen-bond acceptors (Lipinski definition) is 3. The SMILES string of the molecule is CCc1cccc(CC)c1NC(=O)C(=O)Nc1cccc(OC)c1. The zero-order valence-electron chi connectivity index (χ0n) is 14.2. The van der Waals surface area contributed by atoms with Gasteiger partial charge >= 0.3 is 11.8 Å². The average molecular weight is 326 g/mol. The molecule has 126 valence electrons. The van der Waals surface area contributed by atoms with Gasteiger partial charge in [-0.1, -0.05) is 38.1 Å². The van der Waals surface area contributed by atoms with Crippen LogP contribution >= 0.6 is 0 Å². The zero-order chi connectivity index (χ0) is 17.5. The van der Waals surface area contributed by atoms with E-state index in [1.54, 1.807) is 31.4 Å². The summed E-state index contributed by atoms with van der Waals surface area (Å²) in [5, 5.41) is 5.33. The molecule has 24 heavy (non-hydrogen) atoms. The van der Waals surface area contributed by atoms with Crippen LogP contribution in [0, 0.1) is 0 Å². The minimum absolute atomic E-state index is 0.508. The Morgan fingerprint density at radius 2 is 1.50 bits per heavy atom. The van der Waals surface area contributed by atoms with E-state index >= 15 is 0 Å². The van der Waals surface area contributed by atoms with E-state index in [1.165, 1.54) is 0 Å². The molecule has 0 fully saturated rings. The summed E-state index contributed by atoms with van der Waals surface area (Å²) in [7, 11) is 1.54. The van der Waals surface area contributed by atoms with E-state index in [9.17, 15) is 9.59 Å². The summed E-state index contributed by atoms with van der Waals surface area (Å²) in [5.41, 5.74) is 3.26. The Labute approximate surface area is 142 Å². The predicted octanol–water partition coefficient (Wildman–Crippen LogP) is 3.40. The summed E-state index contributed by atoms with van der Waals surface area (Å²) in [5.74, 6) is -0.789. The van der Waals surface area contributed by atoms with Crippen LogP contribution in [0.15, 0.2) is 42.5 Å². The smallest absolute Gasteiger partial charge is 0.314 e. The van der Waals surface area contributed by atoms with Gasteiger partial charge < -0.3 is 15.4 Å². The molecule has 0 spiro atoms. The standard InChI is InChI=1S/C19H22N2O3/c1-4-13-8-6-9-14(5-2)17(13)21-19(23)18(22)20-15-10-7-11-16(12-15)24-3/h6-12H,4-5H2,1-3H3,(H,20,22)(H,21,23). The number of methoxy groups -OCH3 is 1. The highest BCUT2D eigenvalue weighted by molar-refractivity contribution is 6.43. The number of ether oxygens (including phenoxy) is 1. The van der Waals surface area contributed by atoms with Crippen LogP contribution in [-0.2, 0) is 22.4 Å². The summed E-state index contributed by atoms with van der Waals surface area (Å²) in [6.07, 6.45) is 1.56. The molecule has 2 aromatic rings. The Bertz CT molecular complexity index is 719. The van der Waals surface area contributed by atoms with Gasteiger partial charge in [-0.05, 0) is 36.1 Å². The zero-order valence-corrected chi connectivity index (χ0v) is 14.2. The van der Waals surface area contributed by atoms with Crippen molar-refractivity contribution in [2.75, 3.05) is 17.7 Å². The van der Waals surface area contributed by atoms with Gasteiger partial charge in [0.15, 0.2) is 0 Å². The molecule has 2 amide bonds. The van der Waals surface area contributed by atoms with Crippen molar-refractivity contribution in [2.24, 2.45) is 0 Å². The van der Waals surface area contributed by atoms with Crippen LogP contribution in [0.2, 0.25) is 0 Å². The second-order valence-corrected chi connectivity index (χ2v) is 5.30. The third kappa shape index (κ3) is 4.13. The molecule has 0 saturated heterocycles. The number of para-hydroxylation sites is 1. The van der Waals surface area contributed by atoms with Gasteiger partial charge in [0.2, 0.25) is 0 Å². The molecule has 0 aliphatic carbocycles. The van der Waals surface area contributed by atoms with Crippen LogP contribution in [0.4, 0.5) is 11.4 Å². The number of anilines is 2. The van der Waals surface area contributed by atoms with Crippen molar-refractivity contribution >= 4 is 23.2 Å². The van der Waals surface area contributed by atoms with Gasteiger partial charge in [-0.25, -0.2) is 0 Å². The minimum atomic E-state index is -0.712. The number of nitrogens with one attached hydrogen (secondary N) is 2. The van der Waals surface area contributed by atoms with Crippen LogP contribution in [-0.4, -0.2) is 18.9 Å². The Hall–Kier alpha value is -2.82. The minimum Gasteiger partial charge on any atom is -0.497 e. The van der Waals surface area contributed by atoms with Gasteiger partial charge in [-0.15, -0.1) is 0 Å². The largest absolute Gasteiger partial charge is 0.497 e. The molecular formula is C19H22N2O3. The van der Waals surface area contributed by atoms with Crippen molar-refractivity contribution in [3.05, 3.63) is 53.6 Å². The fourth-order valence-electron chi connectivity index (χ4n) is 2.46. The highest BCUT2D eigenvalue weighted by atomic mass is 16.5. The number of aryl methyl sites for hydroxylation is 2. The average Bonchev–Trinajstić information content (AvgIpc) is 2.61. The Balaban J connectivity index is 2.13. The quantitative estimate of drug-likeness (QED) is 0.828. The van der Waals surface area contributed by atoms with Gasteiger partial charge in [0.1, 0.15) is 5.75 Å². The molecule has 2 aromatic carbocycles. The first kappa shape index (κ1) is 17.5. The summed E-state index contributed by atoms with van der Waals surface area (Å²) in [6, 6.07) is 12.7. The maximum absolute atomic E-state index is 12.3. The number of hydrogen-bond donors (Lipinski definition) is 2. The number of rotatable bonds is 5. The molecule has 0 unspecified atom stereocenters. The van der Waals surface area contributed by atoms with Crippen molar-refractivity contribution in [1.82, 2.24) is 0 Å². The first-order valence-electron chi connectivity index (χ1n) is 7.96. The van der Waals surface area contributed by atoms with Gasteiger partial charge in [0.25, 0.3) is 0 Å². The number of amides is 2. The number of carbonyl (C=O) groups is 2. The van der Waals surface area contributed by atoms with Crippen LogP contribution in [0.1, 0.15) is 25.0 Å². The molecular weight excluding hydrogens is 304 g/mol. The molecule has 0 radical (unpaired) electrons. The van der Waals surface area contributed by atoms with Crippen LogP contribution in [0.25, 0.3) is 0 Å². The number of benzene rings is 2. The van der Waals surface area contributed by atoms with Crippen LogP contribution < -0.4 is 15.4 Å². The molecule has 0 aliphatic heterocycles. The van der Waals surface area contributed by atoms with Crippen molar-refractivity contribution in [3.63, 3.8) is 0 Å². The molecule has 0 heterocycles. The lowest BCUT2D eigenvalue weighted by Gasteiger charge is -2.14. The normalized spacial score (nSPS) is 10.1. The lowest BCUT2D eigenvalue weighted by molar-refractivity contribution is -0.133. The second-order valence-electron chi connectivity index (χ2n) is 5.30. The van der Waals surface area contributed by atoms with E-state index in [4.69, 9.17) is 4.74 Å². The summed E-state index contributed by atoms with van der Waals surface area (Å²) >= 11 is 0. The van der Waals surface area contributed by atoms with E-state index in [0.29, 0.717) is 11.4 Å². The molecule has 0 atom stereocenters. The van der Waals surface area contributed by atoms with Gasteiger partial charge in [0, 0.05) is 17.4 Å². The summed E-state index contributed by atoms with van der Waals surface area (Å²) < 4.78 is 5.10. The first-order valence-corrected chi connectivity index (χ1v) is 7.96.